The Morgan fingerprint density at radius 1 is 1.26 bits per heavy atom. The molecule has 108 valence electrons. The second kappa shape index (κ2) is 7.27. The Labute approximate surface area is 121 Å². The lowest BCUT2D eigenvalue weighted by atomic mass is 10.1. The summed E-state index contributed by atoms with van der Waals surface area (Å²) in [6.07, 6.45) is 2.35. The van der Waals surface area contributed by atoms with Crippen LogP contribution in [0.1, 0.15) is 33.1 Å². The summed E-state index contributed by atoms with van der Waals surface area (Å²) in [6, 6.07) is 6.61. The minimum atomic E-state index is -3.41. The van der Waals surface area contributed by atoms with Crippen molar-refractivity contribution < 1.29 is 8.42 Å². The van der Waals surface area contributed by atoms with Gasteiger partial charge in [0.1, 0.15) is 0 Å². The fourth-order valence-corrected chi connectivity index (χ4v) is 4.92. The van der Waals surface area contributed by atoms with Crippen LogP contribution in [0.25, 0.3) is 0 Å². The zero-order valence-corrected chi connectivity index (χ0v) is 13.3. The van der Waals surface area contributed by atoms with E-state index < -0.39 is 15.1 Å². The monoisotopic (exact) mass is 303 g/mol. The molecule has 1 aromatic rings. The molecular weight excluding hydrogens is 282 g/mol. The van der Waals surface area contributed by atoms with Gasteiger partial charge in [-0.2, -0.15) is 0 Å². The van der Waals surface area contributed by atoms with Crippen LogP contribution in [0.3, 0.4) is 0 Å². The molecule has 2 unspecified atom stereocenters. The molecule has 19 heavy (non-hydrogen) atoms. The van der Waals surface area contributed by atoms with Crippen LogP contribution < -0.4 is 5.32 Å². The Morgan fingerprint density at radius 2 is 1.89 bits per heavy atom. The summed E-state index contributed by atoms with van der Waals surface area (Å²) in [5.74, 6) is 0. The molecule has 1 N–H and O–H groups in total. The van der Waals surface area contributed by atoms with E-state index in [0.29, 0.717) is 11.4 Å². The number of benzene rings is 1. The highest BCUT2D eigenvalue weighted by Crippen LogP contribution is 2.28. The first-order chi connectivity index (χ1) is 8.98. The van der Waals surface area contributed by atoms with Crippen molar-refractivity contribution in [2.45, 2.75) is 49.3 Å². The molecule has 5 heteroatoms. The first-order valence-corrected chi connectivity index (χ1v) is 8.57. The van der Waals surface area contributed by atoms with Gasteiger partial charge in [0.25, 0.3) is 0 Å². The normalized spacial score (nSPS) is 15.2. The van der Waals surface area contributed by atoms with Crippen molar-refractivity contribution in [2.24, 2.45) is 0 Å². The molecule has 0 saturated carbocycles. The topological polar surface area (TPSA) is 46.2 Å². The van der Waals surface area contributed by atoms with Crippen LogP contribution in [0.4, 0.5) is 0 Å². The van der Waals surface area contributed by atoms with Gasteiger partial charge in [-0.05, 0) is 32.0 Å². The highest BCUT2D eigenvalue weighted by atomic mass is 35.5. The standard InChI is InChI=1S/C14H22ClNO2S/c1-4-8-12(16-3)13(5-2)19(17,18)14-10-7-6-9-11(14)15/h6-7,9-10,12-13,16H,4-5,8H2,1-3H3. The highest BCUT2D eigenvalue weighted by molar-refractivity contribution is 7.92. The van der Waals surface area contributed by atoms with Gasteiger partial charge in [0.15, 0.2) is 9.84 Å². The minimum Gasteiger partial charge on any atom is -0.316 e. The third kappa shape index (κ3) is 3.71. The van der Waals surface area contributed by atoms with Crippen molar-refractivity contribution in [3.05, 3.63) is 29.3 Å². The van der Waals surface area contributed by atoms with Crippen LogP contribution in [0.5, 0.6) is 0 Å². The second-order valence-corrected chi connectivity index (χ2v) is 7.15. The van der Waals surface area contributed by atoms with Gasteiger partial charge in [0.2, 0.25) is 0 Å². The molecular formula is C14H22ClNO2S. The molecule has 3 nitrogen and oxygen atoms in total. The number of nitrogens with one attached hydrogen (secondary N) is 1. The molecule has 1 aromatic carbocycles. The number of halogens is 1. The molecule has 2 atom stereocenters. The van der Waals surface area contributed by atoms with Crippen LogP contribution in [0, 0.1) is 0 Å². The zero-order valence-electron chi connectivity index (χ0n) is 11.7. The molecule has 0 aliphatic rings. The Bertz CT molecular complexity index is 502. The molecule has 0 bridgehead atoms. The van der Waals surface area contributed by atoms with Crippen molar-refractivity contribution in [1.82, 2.24) is 5.32 Å². The summed E-state index contributed by atoms with van der Waals surface area (Å²) in [7, 11) is -1.60. The molecule has 0 spiro atoms. The van der Waals surface area contributed by atoms with Crippen molar-refractivity contribution in [3.8, 4) is 0 Å². The third-order valence-electron chi connectivity index (χ3n) is 3.36. The number of rotatable bonds is 7. The summed E-state index contributed by atoms with van der Waals surface area (Å²) in [6.45, 7) is 3.96. The SMILES string of the molecule is CCCC(NC)C(CC)S(=O)(=O)c1ccccc1Cl. The fraction of sp³-hybridized carbons (Fsp3) is 0.571. The van der Waals surface area contributed by atoms with E-state index in [4.69, 9.17) is 11.6 Å². The van der Waals surface area contributed by atoms with E-state index in [2.05, 4.69) is 12.2 Å². The lowest BCUT2D eigenvalue weighted by Crippen LogP contribution is -2.42. The maximum atomic E-state index is 12.7. The van der Waals surface area contributed by atoms with Gasteiger partial charge in [0.05, 0.1) is 15.2 Å². The molecule has 0 aliphatic heterocycles. The van der Waals surface area contributed by atoms with Gasteiger partial charge in [-0.1, -0.05) is 44.0 Å². The van der Waals surface area contributed by atoms with Gasteiger partial charge in [-0.15, -0.1) is 0 Å². The van der Waals surface area contributed by atoms with Crippen molar-refractivity contribution in [1.29, 1.82) is 0 Å². The first-order valence-electron chi connectivity index (χ1n) is 6.64. The number of sulfone groups is 1. The Hall–Kier alpha value is -0.580. The summed E-state index contributed by atoms with van der Waals surface area (Å²) in [4.78, 5) is 0.236. The number of hydrogen-bond acceptors (Lipinski definition) is 3. The fourth-order valence-electron chi connectivity index (χ4n) is 2.39. The van der Waals surface area contributed by atoms with E-state index >= 15 is 0 Å². The maximum Gasteiger partial charge on any atom is 0.184 e. The molecule has 0 amide bonds. The van der Waals surface area contributed by atoms with Crippen molar-refractivity contribution in [3.63, 3.8) is 0 Å². The average Bonchev–Trinajstić information content (AvgIpc) is 2.38. The maximum absolute atomic E-state index is 12.7. The Balaban J connectivity index is 3.19. The van der Waals surface area contributed by atoms with E-state index in [0.717, 1.165) is 12.8 Å². The lowest BCUT2D eigenvalue weighted by molar-refractivity contribution is 0.464. The van der Waals surface area contributed by atoms with Crippen LogP contribution in [0.2, 0.25) is 5.02 Å². The van der Waals surface area contributed by atoms with Crippen LogP contribution in [-0.2, 0) is 9.84 Å². The van der Waals surface area contributed by atoms with E-state index in [1.807, 2.05) is 14.0 Å². The second-order valence-electron chi connectivity index (χ2n) is 4.61. The third-order valence-corrected chi connectivity index (χ3v) is 6.23. The largest absolute Gasteiger partial charge is 0.316 e. The number of hydrogen-bond donors (Lipinski definition) is 1. The molecule has 0 heterocycles. The molecule has 0 aliphatic carbocycles. The molecule has 0 aromatic heterocycles. The minimum absolute atomic E-state index is 0.0451. The van der Waals surface area contributed by atoms with E-state index in [-0.39, 0.29) is 10.9 Å². The summed E-state index contributed by atoms with van der Waals surface area (Å²) in [5, 5.41) is 2.98. The van der Waals surface area contributed by atoms with E-state index in [9.17, 15) is 8.42 Å². The van der Waals surface area contributed by atoms with Crippen LogP contribution in [0.15, 0.2) is 29.2 Å². The van der Waals surface area contributed by atoms with E-state index in [1.54, 1.807) is 24.3 Å². The smallest absolute Gasteiger partial charge is 0.184 e. The van der Waals surface area contributed by atoms with E-state index in [1.165, 1.54) is 0 Å². The van der Waals surface area contributed by atoms with Crippen LogP contribution in [-0.4, -0.2) is 26.8 Å². The van der Waals surface area contributed by atoms with Crippen LogP contribution >= 0.6 is 11.6 Å². The Kier molecular flexibility index (Phi) is 6.30. The van der Waals surface area contributed by atoms with Gasteiger partial charge in [-0.25, -0.2) is 8.42 Å². The first kappa shape index (κ1) is 16.5. The summed E-state index contributed by atoms with van der Waals surface area (Å²) >= 11 is 6.04. The van der Waals surface area contributed by atoms with Gasteiger partial charge in [0, 0.05) is 6.04 Å². The highest BCUT2D eigenvalue weighted by Gasteiger charge is 2.33. The van der Waals surface area contributed by atoms with Crippen molar-refractivity contribution >= 4 is 21.4 Å². The average molecular weight is 304 g/mol. The lowest BCUT2D eigenvalue weighted by Gasteiger charge is -2.26. The van der Waals surface area contributed by atoms with Gasteiger partial charge in [-0.3, -0.25) is 0 Å². The van der Waals surface area contributed by atoms with Gasteiger partial charge < -0.3 is 5.32 Å². The Morgan fingerprint density at radius 3 is 2.37 bits per heavy atom. The summed E-state index contributed by atoms with van der Waals surface area (Å²) in [5.41, 5.74) is 0. The zero-order chi connectivity index (χ0) is 14.5. The molecule has 0 radical (unpaired) electrons. The quantitative estimate of drug-likeness (QED) is 0.841. The van der Waals surface area contributed by atoms with Crippen molar-refractivity contribution in [2.75, 3.05) is 7.05 Å². The molecule has 0 saturated heterocycles. The summed E-state index contributed by atoms with van der Waals surface area (Å²) < 4.78 is 25.5. The van der Waals surface area contributed by atoms with Gasteiger partial charge >= 0.3 is 0 Å². The predicted molar refractivity (Wildman–Crippen MR) is 80.5 cm³/mol. The molecule has 0 fully saturated rings. The predicted octanol–water partition coefficient (Wildman–Crippen LogP) is 3.28. The molecule has 1 rings (SSSR count).